The van der Waals surface area contributed by atoms with Crippen LogP contribution in [0.1, 0.15) is 69.3 Å². The van der Waals surface area contributed by atoms with Crippen LogP contribution in [0.3, 0.4) is 0 Å². The number of rotatable bonds is 4. The van der Waals surface area contributed by atoms with Crippen molar-refractivity contribution in [2.24, 2.45) is 0 Å². The summed E-state index contributed by atoms with van der Waals surface area (Å²) in [6.45, 7) is 2.27. The van der Waals surface area contributed by atoms with E-state index >= 15 is 0 Å². The van der Waals surface area contributed by atoms with Crippen molar-refractivity contribution in [2.45, 2.75) is 122 Å². The minimum atomic E-state index is -1.55. The van der Waals surface area contributed by atoms with E-state index in [9.17, 15) is 40.2 Å². The van der Waals surface area contributed by atoms with Crippen LogP contribution in [0.2, 0.25) is 0 Å². The van der Waals surface area contributed by atoms with Crippen LogP contribution in [0.25, 0.3) is 0 Å². The maximum Gasteiger partial charge on any atom is 0.200 e. The zero-order chi connectivity index (χ0) is 48.6. The first-order chi connectivity index (χ1) is 33.7. The SMILES string of the molecule is CN1CC[C@]23c4c5ccc(CO)c4O[C@H]2C(=O)C=C(O)[C@@]3(O)[C@H]1C5.CN1CC[C@]23c4c5ccc(CO)c4O[C@H]2C(=O)C=C[C@@]3(O)[C@H]1C5.COC1=CC=C2[C@H]3Cc4ccc(CO)c5c4[C@@]2(CCN3C)[C@H]1O5. The quantitative estimate of drug-likeness (QED) is 0.223. The molecular weight excluding hydrogens is 895 g/mol. The molecule has 3 fully saturated rings. The van der Waals surface area contributed by atoms with E-state index in [0.717, 1.165) is 77.8 Å². The number of piperidine rings is 3. The molecule has 15 rings (SSSR count). The fourth-order valence-electron chi connectivity index (χ4n) is 15.9. The maximum atomic E-state index is 12.6. The summed E-state index contributed by atoms with van der Waals surface area (Å²) in [4.78, 5) is 31.8. The van der Waals surface area contributed by atoms with Gasteiger partial charge in [-0.3, -0.25) is 24.3 Å². The molecule has 11 atom stereocenters. The van der Waals surface area contributed by atoms with Crippen molar-refractivity contribution in [2.75, 3.05) is 47.9 Å². The lowest BCUT2D eigenvalue weighted by Gasteiger charge is -2.60. The second-order valence-electron chi connectivity index (χ2n) is 21.7. The van der Waals surface area contributed by atoms with Gasteiger partial charge in [-0.2, -0.15) is 0 Å². The minimum absolute atomic E-state index is 0.0137. The second-order valence-corrected chi connectivity index (χ2v) is 21.7. The number of aliphatic hydroxyl groups is 6. The van der Waals surface area contributed by atoms with Crippen molar-refractivity contribution < 1.29 is 59.2 Å². The molecule has 0 amide bonds. The van der Waals surface area contributed by atoms with Gasteiger partial charge in [0.05, 0.1) is 49.2 Å². The molecule has 15 heteroatoms. The van der Waals surface area contributed by atoms with E-state index in [-0.39, 0.29) is 60.7 Å². The smallest absolute Gasteiger partial charge is 0.200 e. The molecule has 70 heavy (non-hydrogen) atoms. The van der Waals surface area contributed by atoms with Crippen molar-refractivity contribution in [1.29, 1.82) is 0 Å². The molecule has 0 saturated carbocycles. The topological polar surface area (TPSA) is 202 Å². The molecule has 0 aromatic heterocycles. The fraction of sp³-hybridized carbons (Fsp3) is 0.491. The Hall–Kier alpha value is -5.36. The third kappa shape index (κ3) is 5.07. The standard InChI is InChI=1S/C19H21NO3.C18H19NO5.C18H19NO4/c1-20-8-7-19-13-5-6-15(22-2)18(19)23-17-12(10-21)4-3-11(16(17)19)9-14(13)20;1-19-5-4-17-14-9-2-3-10(8-20)15(14)24-16(17)11(21)7-13(22)18(17,23)12(19)6-9;1-19-7-6-17-14-10-2-3-11(9-20)15(14)23-16(17)12(21)4-5-18(17,22)13(19)8-10/h3-6,14,18,21H,7-10H2,1-2H3;2-3,7,12,16,20,22-23H,4-6,8H2,1H3;2-5,13,16,20,22H,6-9H2,1H3/t14-,18+,19+;12-,16+,17+,18+;13-,16+,17+,18-/m111/s1. The number of ketones is 2. The summed E-state index contributed by atoms with van der Waals surface area (Å²) < 4.78 is 24.2. The number of hydrogen-bond acceptors (Lipinski definition) is 15. The number of likely N-dealkylation sites (tertiary alicyclic amines) is 3. The van der Waals surface area contributed by atoms with Crippen LogP contribution in [0.4, 0.5) is 0 Å². The zero-order valence-electron chi connectivity index (χ0n) is 39.8. The Morgan fingerprint density at radius 3 is 1.80 bits per heavy atom. The van der Waals surface area contributed by atoms with Crippen LogP contribution < -0.4 is 14.2 Å². The normalized spacial score (nSPS) is 37.6. The molecule has 3 saturated heterocycles. The summed E-state index contributed by atoms with van der Waals surface area (Å²) in [5, 5.41) is 63.0. The molecule has 366 valence electrons. The van der Waals surface area contributed by atoms with Crippen molar-refractivity contribution >= 4 is 11.6 Å². The molecule has 15 nitrogen and oxygen atoms in total. The van der Waals surface area contributed by atoms with Gasteiger partial charge in [0.15, 0.2) is 29.7 Å². The summed E-state index contributed by atoms with van der Waals surface area (Å²) in [5.74, 6) is 2.24. The highest BCUT2D eigenvalue weighted by atomic mass is 16.5. The Morgan fingerprint density at radius 2 is 1.17 bits per heavy atom. The van der Waals surface area contributed by atoms with Crippen molar-refractivity contribution in [3.63, 3.8) is 0 Å². The number of likely N-dealkylation sites (N-methyl/N-ethyl adjacent to an activating group) is 3. The molecule has 6 N–H and O–H groups in total. The number of benzene rings is 3. The third-order valence-corrected chi connectivity index (χ3v) is 19.2. The largest absolute Gasteiger partial charge is 0.509 e. The molecular formula is C55H59N3O12. The van der Waals surface area contributed by atoms with Gasteiger partial charge in [0, 0.05) is 51.5 Å². The number of allylic oxidation sites excluding steroid dienone is 2. The second kappa shape index (κ2) is 14.9. The van der Waals surface area contributed by atoms with E-state index in [1.54, 1.807) is 13.2 Å². The number of aliphatic hydroxyl groups excluding tert-OH is 4. The van der Waals surface area contributed by atoms with E-state index in [2.05, 4.69) is 35.1 Å². The summed E-state index contributed by atoms with van der Waals surface area (Å²) >= 11 is 0. The lowest BCUT2D eigenvalue weighted by atomic mass is 9.50. The Bertz CT molecular complexity index is 2980. The molecule has 6 aliphatic carbocycles. The van der Waals surface area contributed by atoms with Crippen molar-refractivity contribution in [3.05, 3.63) is 134 Å². The predicted molar refractivity (Wildman–Crippen MR) is 253 cm³/mol. The average Bonchev–Trinajstić information content (AvgIpc) is 4.03. The van der Waals surface area contributed by atoms with Gasteiger partial charge in [0.1, 0.15) is 34.4 Å². The van der Waals surface area contributed by atoms with E-state index in [4.69, 9.17) is 18.9 Å². The fourth-order valence-corrected chi connectivity index (χ4v) is 15.9. The first-order valence-corrected chi connectivity index (χ1v) is 24.7. The Labute approximate surface area is 405 Å². The summed E-state index contributed by atoms with van der Waals surface area (Å²) in [5.41, 5.74) is 5.79. The first-order valence-electron chi connectivity index (χ1n) is 24.7. The van der Waals surface area contributed by atoms with Crippen LogP contribution in [-0.4, -0.2) is 152 Å². The Kier molecular flexibility index (Phi) is 9.46. The highest BCUT2D eigenvalue weighted by molar-refractivity contribution is 6.00. The Morgan fingerprint density at radius 1 is 0.643 bits per heavy atom. The number of methoxy groups -OCH3 is 1. The van der Waals surface area contributed by atoms with Gasteiger partial charge in [-0.1, -0.05) is 42.5 Å². The lowest BCUT2D eigenvalue weighted by molar-refractivity contribution is -0.167. The maximum absolute atomic E-state index is 12.6. The molecule has 0 unspecified atom stereocenters. The van der Waals surface area contributed by atoms with Gasteiger partial charge < -0.3 is 49.6 Å². The molecule has 3 aromatic carbocycles. The van der Waals surface area contributed by atoms with Crippen molar-refractivity contribution in [3.8, 4) is 17.2 Å². The number of carbonyl (C=O) groups is 2. The predicted octanol–water partition coefficient (Wildman–Crippen LogP) is 2.41. The Balaban J connectivity index is 0.000000103. The summed E-state index contributed by atoms with van der Waals surface area (Å²) in [6, 6.07) is 11.9. The molecule has 6 bridgehead atoms. The number of nitrogens with zero attached hydrogens (tertiary/aromatic N) is 3. The number of ether oxygens (including phenoxy) is 4. The highest BCUT2D eigenvalue weighted by Gasteiger charge is 2.75. The van der Waals surface area contributed by atoms with Crippen LogP contribution in [-0.2, 0) is 69.7 Å². The third-order valence-electron chi connectivity index (χ3n) is 19.2. The molecule has 6 aliphatic heterocycles. The first kappa shape index (κ1) is 44.6. The zero-order valence-corrected chi connectivity index (χ0v) is 39.8. The van der Waals surface area contributed by atoms with Crippen molar-refractivity contribution in [1.82, 2.24) is 14.7 Å². The monoisotopic (exact) mass is 953 g/mol. The summed E-state index contributed by atoms with van der Waals surface area (Å²) in [7, 11) is 7.89. The van der Waals surface area contributed by atoms with Gasteiger partial charge in [-0.25, -0.2) is 0 Å². The van der Waals surface area contributed by atoms with E-state index in [0.29, 0.717) is 54.5 Å². The minimum Gasteiger partial charge on any atom is -0.509 e. The lowest BCUT2D eigenvalue weighted by Crippen LogP contribution is -2.76. The highest BCUT2D eigenvalue weighted by Crippen LogP contribution is 2.66. The average molecular weight is 954 g/mol. The van der Waals surface area contributed by atoms with Gasteiger partial charge >= 0.3 is 0 Å². The van der Waals surface area contributed by atoms with Gasteiger partial charge in [0.25, 0.3) is 0 Å². The molecule has 3 spiro atoms. The van der Waals surface area contributed by atoms with E-state index < -0.39 is 34.2 Å². The molecule has 12 aliphatic rings. The van der Waals surface area contributed by atoms with Gasteiger partial charge in [-0.05, 0) is 120 Å². The molecule has 3 aromatic rings. The number of carbonyl (C=O) groups excluding carboxylic acids is 2. The van der Waals surface area contributed by atoms with Crippen LogP contribution in [0.15, 0.2) is 83.9 Å². The summed E-state index contributed by atoms with van der Waals surface area (Å²) in [6.07, 6.45) is 11.5. The van der Waals surface area contributed by atoms with E-state index in [1.165, 1.54) is 22.8 Å². The van der Waals surface area contributed by atoms with Crippen LogP contribution >= 0.6 is 0 Å². The molecule has 0 radical (unpaired) electrons. The van der Waals surface area contributed by atoms with Crippen LogP contribution in [0.5, 0.6) is 17.2 Å². The number of hydrogen-bond donors (Lipinski definition) is 6. The van der Waals surface area contributed by atoms with E-state index in [1.807, 2.05) is 49.3 Å². The van der Waals surface area contributed by atoms with Gasteiger partial charge in [0.2, 0.25) is 5.78 Å². The van der Waals surface area contributed by atoms with Crippen LogP contribution in [0, 0.1) is 0 Å². The van der Waals surface area contributed by atoms with Gasteiger partial charge in [-0.15, -0.1) is 0 Å². The molecule has 6 heterocycles.